The molecular formula is C22H17N3O3S. The van der Waals surface area contributed by atoms with E-state index in [1.165, 1.54) is 17.6 Å². The van der Waals surface area contributed by atoms with Crippen molar-refractivity contribution in [2.24, 2.45) is 0 Å². The zero-order valence-electron chi connectivity index (χ0n) is 15.7. The number of aryl methyl sites for hydroxylation is 2. The fraction of sp³-hybridized carbons (Fsp3) is 0.182. The van der Waals surface area contributed by atoms with Crippen molar-refractivity contribution in [1.82, 2.24) is 15.0 Å². The summed E-state index contributed by atoms with van der Waals surface area (Å²) in [5.41, 5.74) is 2.61. The minimum absolute atomic E-state index is 0.379. The molecule has 0 fully saturated rings. The first-order valence-corrected chi connectivity index (χ1v) is 10.1. The van der Waals surface area contributed by atoms with Gasteiger partial charge in [-0.15, -0.1) is 11.3 Å². The summed E-state index contributed by atoms with van der Waals surface area (Å²) in [7, 11) is 1.36. The lowest BCUT2D eigenvalue weighted by molar-refractivity contribution is 0.0600. The number of fused-ring (bicyclic) bond motifs is 3. The Kier molecular flexibility index (Phi) is 4.44. The van der Waals surface area contributed by atoms with Crippen LogP contribution in [0.4, 0.5) is 0 Å². The molecule has 0 amide bonds. The van der Waals surface area contributed by atoms with Crippen LogP contribution in [-0.4, -0.2) is 28.0 Å². The number of pyridine rings is 1. The Morgan fingerprint density at radius 2 is 1.97 bits per heavy atom. The highest BCUT2D eigenvalue weighted by Crippen LogP contribution is 2.42. The summed E-state index contributed by atoms with van der Waals surface area (Å²) in [6.07, 6.45) is 6.71. The molecule has 0 radical (unpaired) electrons. The molecule has 0 atom stereocenters. The fourth-order valence-corrected chi connectivity index (χ4v) is 4.80. The molecule has 1 aromatic carbocycles. The number of carbonyl (C=O) groups excluding carboxylic acids is 1. The summed E-state index contributed by atoms with van der Waals surface area (Å²) in [6, 6.07) is 10.7. The van der Waals surface area contributed by atoms with Gasteiger partial charge in [-0.3, -0.25) is 4.98 Å². The molecule has 1 aliphatic rings. The van der Waals surface area contributed by atoms with E-state index < -0.39 is 0 Å². The molecule has 1 aliphatic carbocycles. The number of rotatable bonds is 4. The number of ether oxygens (including phenoxy) is 2. The number of carbonyl (C=O) groups is 1. The van der Waals surface area contributed by atoms with Crippen LogP contribution in [0.1, 0.15) is 27.2 Å². The van der Waals surface area contributed by atoms with E-state index in [9.17, 15) is 4.79 Å². The van der Waals surface area contributed by atoms with E-state index in [4.69, 9.17) is 19.4 Å². The summed E-state index contributed by atoms with van der Waals surface area (Å²) in [4.78, 5) is 27.7. The van der Waals surface area contributed by atoms with Gasteiger partial charge in [-0.2, -0.15) is 4.98 Å². The Labute approximate surface area is 171 Å². The number of thiophene rings is 1. The van der Waals surface area contributed by atoms with Crippen LogP contribution in [0.3, 0.4) is 0 Å². The van der Waals surface area contributed by atoms with Crippen molar-refractivity contribution in [3.63, 3.8) is 0 Å². The maximum atomic E-state index is 11.7. The largest absolute Gasteiger partial charge is 0.465 e. The lowest BCUT2D eigenvalue weighted by atomic mass is 10.2. The molecule has 0 bridgehead atoms. The predicted molar refractivity (Wildman–Crippen MR) is 111 cm³/mol. The molecule has 4 aromatic rings. The molecule has 0 spiro atoms. The van der Waals surface area contributed by atoms with Gasteiger partial charge in [0.25, 0.3) is 0 Å². The number of hydrogen-bond donors (Lipinski definition) is 0. The molecule has 5 rings (SSSR count). The summed E-state index contributed by atoms with van der Waals surface area (Å²) in [6.45, 7) is 0. The maximum absolute atomic E-state index is 11.7. The number of hydrogen-bond acceptors (Lipinski definition) is 7. The van der Waals surface area contributed by atoms with E-state index in [1.54, 1.807) is 48.0 Å². The van der Waals surface area contributed by atoms with Crippen LogP contribution in [0, 0.1) is 0 Å². The summed E-state index contributed by atoms with van der Waals surface area (Å²) in [5, 5.41) is 0.993. The van der Waals surface area contributed by atoms with Crippen molar-refractivity contribution in [3.8, 4) is 23.0 Å². The lowest BCUT2D eigenvalue weighted by Crippen LogP contribution is -2.00. The molecule has 0 saturated heterocycles. The van der Waals surface area contributed by atoms with Crippen molar-refractivity contribution < 1.29 is 14.3 Å². The van der Waals surface area contributed by atoms with Crippen molar-refractivity contribution in [1.29, 1.82) is 0 Å². The van der Waals surface area contributed by atoms with Crippen LogP contribution in [0.25, 0.3) is 21.6 Å². The van der Waals surface area contributed by atoms with Crippen LogP contribution in [-0.2, 0) is 17.6 Å². The van der Waals surface area contributed by atoms with E-state index >= 15 is 0 Å². The Morgan fingerprint density at radius 1 is 1.10 bits per heavy atom. The van der Waals surface area contributed by atoms with Gasteiger partial charge in [-0.05, 0) is 61.2 Å². The average molecular weight is 403 g/mol. The third kappa shape index (κ3) is 3.23. The third-order valence-corrected chi connectivity index (χ3v) is 6.13. The normalized spacial score (nSPS) is 12.7. The standard InChI is InChI=1S/C22H17N3O3S/c1-27-22(26)13-7-9-15(10-8-13)28-20-18-16-5-2-6-17(16)29-21(18)25-19(24-20)14-4-3-11-23-12-14/h3-4,7-12H,2,5-6H2,1H3. The molecule has 3 heterocycles. The average Bonchev–Trinajstić information content (AvgIpc) is 3.35. The SMILES string of the molecule is COC(=O)c1ccc(Oc2nc(-c3cccnc3)nc3sc4c(c23)CCC4)cc1. The number of aromatic nitrogens is 3. The fourth-order valence-electron chi connectivity index (χ4n) is 3.55. The number of methoxy groups -OCH3 is 1. The first-order valence-electron chi connectivity index (χ1n) is 9.32. The minimum atomic E-state index is -0.379. The monoisotopic (exact) mass is 403 g/mol. The van der Waals surface area contributed by atoms with Gasteiger partial charge >= 0.3 is 5.97 Å². The van der Waals surface area contributed by atoms with Crippen molar-refractivity contribution in [3.05, 3.63) is 64.8 Å². The van der Waals surface area contributed by atoms with E-state index in [-0.39, 0.29) is 5.97 Å². The van der Waals surface area contributed by atoms with Gasteiger partial charge < -0.3 is 9.47 Å². The van der Waals surface area contributed by atoms with Gasteiger partial charge in [-0.1, -0.05) is 0 Å². The number of esters is 1. The summed E-state index contributed by atoms with van der Waals surface area (Å²) in [5.74, 6) is 1.36. The van der Waals surface area contributed by atoms with Crippen LogP contribution < -0.4 is 4.74 Å². The van der Waals surface area contributed by atoms with Gasteiger partial charge in [0.15, 0.2) is 5.82 Å². The van der Waals surface area contributed by atoms with E-state index in [1.807, 2.05) is 12.1 Å². The highest BCUT2D eigenvalue weighted by molar-refractivity contribution is 7.19. The third-order valence-electron chi connectivity index (χ3n) is 4.94. The van der Waals surface area contributed by atoms with Gasteiger partial charge in [0.2, 0.25) is 5.88 Å². The predicted octanol–water partition coefficient (Wildman–Crippen LogP) is 4.82. The van der Waals surface area contributed by atoms with Crippen LogP contribution in [0.2, 0.25) is 0 Å². The molecular weight excluding hydrogens is 386 g/mol. The molecule has 0 saturated carbocycles. The summed E-state index contributed by atoms with van der Waals surface area (Å²) >= 11 is 1.72. The summed E-state index contributed by atoms with van der Waals surface area (Å²) < 4.78 is 10.9. The highest BCUT2D eigenvalue weighted by atomic mass is 32.1. The van der Waals surface area contributed by atoms with Crippen LogP contribution in [0.15, 0.2) is 48.8 Å². The van der Waals surface area contributed by atoms with Crippen LogP contribution in [0.5, 0.6) is 11.6 Å². The lowest BCUT2D eigenvalue weighted by Gasteiger charge is -2.10. The zero-order valence-corrected chi connectivity index (χ0v) is 16.5. The molecule has 3 aromatic heterocycles. The topological polar surface area (TPSA) is 74.2 Å². The van der Waals surface area contributed by atoms with Gasteiger partial charge in [-0.25, -0.2) is 9.78 Å². The second kappa shape index (κ2) is 7.25. The highest BCUT2D eigenvalue weighted by Gasteiger charge is 2.24. The van der Waals surface area contributed by atoms with Gasteiger partial charge in [0.05, 0.1) is 18.1 Å². The molecule has 7 heteroatoms. The van der Waals surface area contributed by atoms with Crippen molar-refractivity contribution >= 4 is 27.5 Å². The Hall–Kier alpha value is -3.32. The van der Waals surface area contributed by atoms with Crippen molar-refractivity contribution in [2.45, 2.75) is 19.3 Å². The number of benzene rings is 1. The molecule has 0 N–H and O–H groups in total. The molecule has 29 heavy (non-hydrogen) atoms. The first-order chi connectivity index (χ1) is 14.2. The zero-order chi connectivity index (χ0) is 19.8. The van der Waals surface area contributed by atoms with E-state index in [0.29, 0.717) is 23.0 Å². The van der Waals surface area contributed by atoms with Crippen molar-refractivity contribution in [2.75, 3.05) is 7.11 Å². The molecule has 0 aliphatic heterocycles. The molecule has 6 nitrogen and oxygen atoms in total. The maximum Gasteiger partial charge on any atom is 0.337 e. The van der Waals surface area contributed by atoms with Crippen LogP contribution >= 0.6 is 11.3 Å². The van der Waals surface area contributed by atoms with E-state index in [2.05, 4.69) is 4.98 Å². The Bertz CT molecular complexity index is 1200. The Balaban J connectivity index is 1.60. The smallest absolute Gasteiger partial charge is 0.337 e. The molecule has 0 unspecified atom stereocenters. The van der Waals surface area contributed by atoms with Gasteiger partial charge in [0.1, 0.15) is 10.6 Å². The quantitative estimate of drug-likeness (QED) is 0.455. The number of nitrogens with zero attached hydrogens (tertiary/aromatic N) is 3. The van der Waals surface area contributed by atoms with E-state index in [0.717, 1.165) is 35.0 Å². The minimum Gasteiger partial charge on any atom is -0.465 e. The first kappa shape index (κ1) is 17.8. The van der Waals surface area contributed by atoms with Gasteiger partial charge in [0, 0.05) is 22.8 Å². The Morgan fingerprint density at radius 3 is 2.72 bits per heavy atom. The second-order valence-electron chi connectivity index (χ2n) is 6.75. The molecule has 144 valence electrons. The second-order valence-corrected chi connectivity index (χ2v) is 7.83.